The van der Waals surface area contributed by atoms with Crippen molar-refractivity contribution in [1.82, 2.24) is 24.5 Å². The minimum atomic E-state index is -2.96. The van der Waals surface area contributed by atoms with Crippen LogP contribution in [0.3, 0.4) is 0 Å². The van der Waals surface area contributed by atoms with Gasteiger partial charge in [-0.3, -0.25) is 4.98 Å². The van der Waals surface area contributed by atoms with Crippen molar-refractivity contribution >= 4 is 22.7 Å². The molecule has 4 heterocycles. The Morgan fingerprint density at radius 2 is 1.92 bits per heavy atom. The van der Waals surface area contributed by atoms with Gasteiger partial charge in [0.05, 0.1) is 42.0 Å². The third kappa shape index (κ3) is 3.60. The molecule has 0 radical (unpaired) electrons. The maximum absolute atomic E-state index is 13.9. The molecule has 0 spiro atoms. The van der Waals surface area contributed by atoms with Crippen LogP contribution in [0.15, 0.2) is 43.1 Å². The van der Waals surface area contributed by atoms with Crippen LogP contribution in [0.25, 0.3) is 22.4 Å². The lowest BCUT2D eigenvalue weighted by molar-refractivity contribution is -0.0303. The number of hydrogen-bond acceptors (Lipinski definition) is 8. The summed E-state index contributed by atoms with van der Waals surface area (Å²) in [6, 6.07) is 4.71. The summed E-state index contributed by atoms with van der Waals surface area (Å²) in [6.45, 7) is 0.758. The van der Waals surface area contributed by atoms with E-state index >= 15 is 0 Å². The summed E-state index contributed by atoms with van der Waals surface area (Å²) in [4.78, 5) is 18.8. The van der Waals surface area contributed by atoms with Crippen LogP contribution in [0, 0.1) is 17.6 Å². The van der Waals surface area contributed by atoms with Gasteiger partial charge in [-0.25, -0.2) is 32.5 Å². The number of hydrogen-bond donors (Lipinski definition) is 3. The molecule has 0 bridgehead atoms. The topological polar surface area (TPSA) is 132 Å². The predicted octanol–water partition coefficient (Wildman–Crippen LogP) is 2.33. The number of anilines is 2. The molecule has 4 atom stereocenters. The molecule has 1 aliphatic carbocycles. The molecule has 2 aliphatic rings. The van der Waals surface area contributed by atoms with Crippen LogP contribution in [0.5, 0.6) is 0 Å². The SMILES string of the molecule is Nc1ncnc2c1ncn2Cc1cc(-c2ccc(F)c(F)c2)ncc1N1CCC2C1[C@@]2(N)[C@H](O)C(F)F. The van der Waals surface area contributed by atoms with E-state index in [9.17, 15) is 22.7 Å². The Morgan fingerprint density at radius 3 is 2.68 bits per heavy atom. The van der Waals surface area contributed by atoms with Crippen molar-refractivity contribution in [1.29, 1.82) is 0 Å². The minimum absolute atomic E-state index is 0.218. The molecule has 1 aromatic carbocycles. The number of nitrogen functional groups attached to an aromatic ring is 1. The first-order chi connectivity index (χ1) is 17.7. The number of halogens is 4. The van der Waals surface area contributed by atoms with Gasteiger partial charge in [0, 0.05) is 18.0 Å². The summed E-state index contributed by atoms with van der Waals surface area (Å²) in [5.41, 5.74) is 13.7. The monoisotopic (exact) mass is 514 g/mol. The fraction of sp³-hybridized carbons (Fsp3) is 0.333. The Balaban J connectivity index is 1.43. The number of nitrogens with zero attached hydrogens (tertiary/aromatic N) is 6. The summed E-state index contributed by atoms with van der Waals surface area (Å²) in [5.74, 6) is -2.06. The van der Waals surface area contributed by atoms with E-state index in [1.54, 1.807) is 23.2 Å². The van der Waals surface area contributed by atoms with Crippen LogP contribution in [0.1, 0.15) is 12.0 Å². The van der Waals surface area contributed by atoms with Gasteiger partial charge in [0.25, 0.3) is 6.43 Å². The maximum Gasteiger partial charge on any atom is 0.265 e. The van der Waals surface area contributed by atoms with E-state index in [1.807, 2.05) is 4.90 Å². The molecule has 1 saturated heterocycles. The molecule has 2 fully saturated rings. The number of rotatable bonds is 6. The highest BCUT2D eigenvalue weighted by Gasteiger charge is 2.72. The molecule has 4 aromatic rings. The average molecular weight is 514 g/mol. The summed E-state index contributed by atoms with van der Waals surface area (Å²) in [5, 5.41) is 10.1. The van der Waals surface area contributed by atoms with Crippen molar-refractivity contribution in [3.8, 4) is 11.3 Å². The van der Waals surface area contributed by atoms with Gasteiger partial charge >= 0.3 is 0 Å². The fourth-order valence-electron chi connectivity index (χ4n) is 5.56. The second-order valence-corrected chi connectivity index (χ2v) is 9.44. The molecule has 6 rings (SSSR count). The number of nitrogens with two attached hydrogens (primary N) is 2. The standard InChI is InChI=1S/C24H22F4N8O/c25-14-2-1-11(5-15(14)26)16-6-12(8-35-10-34-18-22(29)32-9-33-23(18)35)17(7-31-16)36-4-3-13-19(36)24(13,30)20(37)21(27)28/h1-2,5-7,9-10,13,19-21,37H,3-4,8,30H2,(H2,29,32,33)/t13?,19?,20-,24-/m1/s1. The summed E-state index contributed by atoms with van der Waals surface area (Å²) >= 11 is 0. The third-order valence-corrected chi connectivity index (χ3v) is 7.46. The van der Waals surface area contributed by atoms with E-state index in [4.69, 9.17) is 11.5 Å². The smallest absolute Gasteiger partial charge is 0.265 e. The number of aromatic nitrogens is 5. The van der Waals surface area contributed by atoms with Crippen molar-refractivity contribution < 1.29 is 22.7 Å². The molecule has 13 heteroatoms. The second-order valence-electron chi connectivity index (χ2n) is 9.44. The zero-order valence-electron chi connectivity index (χ0n) is 19.3. The third-order valence-electron chi connectivity index (χ3n) is 7.46. The van der Waals surface area contributed by atoms with Crippen LogP contribution in [0.2, 0.25) is 0 Å². The molecule has 192 valence electrons. The van der Waals surface area contributed by atoms with Crippen molar-refractivity contribution in [2.45, 2.75) is 37.1 Å². The van der Waals surface area contributed by atoms with Crippen molar-refractivity contribution in [2.75, 3.05) is 17.2 Å². The minimum Gasteiger partial charge on any atom is -0.385 e. The van der Waals surface area contributed by atoms with Gasteiger partial charge in [-0.1, -0.05) is 0 Å². The first-order valence-electron chi connectivity index (χ1n) is 11.6. The summed E-state index contributed by atoms with van der Waals surface area (Å²) < 4.78 is 55.9. The highest BCUT2D eigenvalue weighted by molar-refractivity contribution is 5.81. The lowest BCUT2D eigenvalue weighted by atomic mass is 10.0. The van der Waals surface area contributed by atoms with Gasteiger partial charge in [-0.2, -0.15) is 0 Å². The first-order valence-corrected chi connectivity index (χ1v) is 11.6. The van der Waals surface area contributed by atoms with Gasteiger partial charge in [-0.15, -0.1) is 0 Å². The van der Waals surface area contributed by atoms with E-state index in [2.05, 4.69) is 19.9 Å². The van der Waals surface area contributed by atoms with Gasteiger partial charge in [0.2, 0.25) is 0 Å². The predicted molar refractivity (Wildman–Crippen MR) is 127 cm³/mol. The number of fused-ring (bicyclic) bond motifs is 2. The Bertz CT molecular complexity index is 1510. The Labute approximate surface area is 207 Å². The Morgan fingerprint density at radius 1 is 1.11 bits per heavy atom. The summed E-state index contributed by atoms with van der Waals surface area (Å²) in [7, 11) is 0. The number of imidazole rings is 1. The lowest BCUT2D eigenvalue weighted by Gasteiger charge is -2.30. The van der Waals surface area contributed by atoms with Crippen molar-refractivity contribution in [3.63, 3.8) is 0 Å². The van der Waals surface area contributed by atoms with Crippen LogP contribution >= 0.6 is 0 Å². The highest BCUT2D eigenvalue weighted by atomic mass is 19.3. The van der Waals surface area contributed by atoms with E-state index in [1.165, 1.54) is 12.4 Å². The van der Waals surface area contributed by atoms with Gasteiger partial charge in [0.1, 0.15) is 17.9 Å². The summed E-state index contributed by atoms with van der Waals surface area (Å²) in [6.07, 6.45) is 0.0418. The van der Waals surface area contributed by atoms with Gasteiger partial charge in [0.15, 0.2) is 23.1 Å². The van der Waals surface area contributed by atoms with E-state index < -0.39 is 35.7 Å². The molecule has 2 unspecified atom stereocenters. The molecular formula is C24H22F4N8O. The Kier molecular flexibility index (Phi) is 5.31. The van der Waals surface area contributed by atoms with E-state index in [0.29, 0.717) is 46.6 Å². The molecule has 5 N–H and O–H groups in total. The number of piperidine rings is 1. The van der Waals surface area contributed by atoms with E-state index in [0.717, 1.165) is 12.1 Å². The van der Waals surface area contributed by atoms with Gasteiger partial charge in [-0.05, 0) is 36.2 Å². The zero-order chi connectivity index (χ0) is 26.1. The normalized spacial score (nSPS) is 23.6. The molecule has 0 amide bonds. The fourth-order valence-corrected chi connectivity index (χ4v) is 5.56. The van der Waals surface area contributed by atoms with Gasteiger partial charge < -0.3 is 26.0 Å². The number of alkyl halides is 2. The first kappa shape index (κ1) is 23.6. The average Bonchev–Trinajstić information content (AvgIpc) is 3.21. The van der Waals surface area contributed by atoms with E-state index in [-0.39, 0.29) is 18.3 Å². The Hall–Kier alpha value is -3.84. The van der Waals surface area contributed by atoms with Crippen LogP contribution in [-0.4, -0.2) is 60.3 Å². The lowest BCUT2D eigenvalue weighted by Crippen LogP contribution is -2.51. The molecule has 3 aromatic heterocycles. The maximum atomic E-state index is 13.9. The number of benzene rings is 1. The number of aliphatic hydroxyl groups is 1. The quantitative estimate of drug-likeness (QED) is 0.334. The number of pyridine rings is 1. The van der Waals surface area contributed by atoms with Crippen LogP contribution < -0.4 is 16.4 Å². The molecular weight excluding hydrogens is 492 g/mol. The second kappa shape index (κ2) is 8.35. The van der Waals surface area contributed by atoms with Crippen LogP contribution in [0.4, 0.5) is 29.1 Å². The molecule has 37 heavy (non-hydrogen) atoms. The van der Waals surface area contributed by atoms with Crippen LogP contribution in [-0.2, 0) is 6.54 Å². The van der Waals surface area contributed by atoms with Crippen molar-refractivity contribution in [3.05, 3.63) is 60.3 Å². The number of aliphatic hydroxyl groups excluding tert-OH is 1. The molecule has 1 aliphatic heterocycles. The molecule has 9 nitrogen and oxygen atoms in total. The largest absolute Gasteiger partial charge is 0.385 e. The van der Waals surface area contributed by atoms with Crippen molar-refractivity contribution in [2.24, 2.45) is 11.7 Å². The zero-order valence-corrected chi connectivity index (χ0v) is 19.3. The highest BCUT2D eigenvalue weighted by Crippen LogP contribution is 2.56. The molecule has 1 saturated carbocycles.